The summed E-state index contributed by atoms with van der Waals surface area (Å²) in [6.07, 6.45) is 1.56. The van der Waals surface area contributed by atoms with Crippen LogP contribution < -0.4 is 14.8 Å². The van der Waals surface area contributed by atoms with Crippen LogP contribution >= 0.6 is 39.3 Å². The fraction of sp³-hybridized carbons (Fsp3) is 0.105. The van der Waals surface area contributed by atoms with E-state index in [0.717, 1.165) is 11.8 Å². The molecule has 9 heteroatoms. The topological polar surface area (TPSA) is 81.7 Å². The van der Waals surface area contributed by atoms with Crippen molar-refractivity contribution in [3.05, 3.63) is 61.9 Å². The predicted molar refractivity (Wildman–Crippen MR) is 111 cm³/mol. The first-order valence-electron chi connectivity index (χ1n) is 8.06. The molecule has 6 nitrogen and oxygen atoms in total. The zero-order chi connectivity index (χ0) is 20.3. The molecule has 0 spiro atoms. The zero-order valence-corrected chi connectivity index (χ0v) is 17.6. The van der Waals surface area contributed by atoms with Gasteiger partial charge in [0.05, 0.1) is 21.5 Å². The molecule has 28 heavy (non-hydrogen) atoms. The average Bonchev–Trinajstić information content (AvgIpc) is 2.95. The Morgan fingerprint density at radius 2 is 1.96 bits per heavy atom. The van der Waals surface area contributed by atoms with Crippen molar-refractivity contribution in [2.75, 3.05) is 6.61 Å². The molecular weight excluding hydrogens is 470 g/mol. The summed E-state index contributed by atoms with van der Waals surface area (Å²) < 4.78 is 11.6. The third kappa shape index (κ3) is 4.76. The first kappa shape index (κ1) is 20.4. The molecule has 0 atom stereocenters. The van der Waals surface area contributed by atoms with Gasteiger partial charge in [-0.2, -0.15) is 0 Å². The molecule has 0 bridgehead atoms. The number of nitrogens with one attached hydrogen (secondary N) is 1. The molecule has 0 saturated carbocycles. The molecule has 0 unspecified atom stereocenters. The van der Waals surface area contributed by atoms with Crippen molar-refractivity contribution in [2.45, 2.75) is 6.92 Å². The average molecular weight is 483 g/mol. The van der Waals surface area contributed by atoms with E-state index in [1.807, 2.05) is 0 Å². The SMILES string of the molecule is CCOc1cc(/C=C2\SC(=O)NC2=O)cc(Br)c1OC(=O)c1ccc(Cl)cc1. The van der Waals surface area contributed by atoms with Gasteiger partial charge in [0, 0.05) is 5.02 Å². The van der Waals surface area contributed by atoms with E-state index in [2.05, 4.69) is 21.2 Å². The lowest BCUT2D eigenvalue weighted by molar-refractivity contribution is -0.115. The van der Waals surface area contributed by atoms with Crippen LogP contribution in [0.25, 0.3) is 6.08 Å². The number of hydrogen-bond donors (Lipinski definition) is 1. The third-order valence-electron chi connectivity index (χ3n) is 3.55. The number of benzene rings is 2. The van der Waals surface area contributed by atoms with Gasteiger partial charge in [-0.25, -0.2) is 4.79 Å². The Hall–Kier alpha value is -2.29. The summed E-state index contributed by atoms with van der Waals surface area (Å²) >= 11 is 10.0. The third-order valence-corrected chi connectivity index (χ3v) is 5.20. The molecule has 1 aliphatic heterocycles. The minimum absolute atomic E-state index is 0.212. The van der Waals surface area contributed by atoms with E-state index in [4.69, 9.17) is 21.1 Å². The Morgan fingerprint density at radius 1 is 1.25 bits per heavy atom. The molecule has 2 amide bonds. The van der Waals surface area contributed by atoms with Gasteiger partial charge in [-0.1, -0.05) is 11.6 Å². The van der Waals surface area contributed by atoms with Crippen LogP contribution in [0.4, 0.5) is 4.79 Å². The number of ether oxygens (including phenoxy) is 2. The van der Waals surface area contributed by atoms with Crippen molar-refractivity contribution in [1.29, 1.82) is 0 Å². The van der Waals surface area contributed by atoms with Gasteiger partial charge in [0.15, 0.2) is 11.5 Å². The largest absolute Gasteiger partial charge is 0.490 e. The number of amides is 2. The minimum Gasteiger partial charge on any atom is -0.490 e. The number of esters is 1. The number of thioether (sulfide) groups is 1. The number of halogens is 2. The second-order valence-corrected chi connectivity index (χ2v) is 7.82. The normalized spacial score (nSPS) is 14.9. The van der Waals surface area contributed by atoms with Crippen LogP contribution in [-0.4, -0.2) is 23.7 Å². The zero-order valence-electron chi connectivity index (χ0n) is 14.5. The smallest absolute Gasteiger partial charge is 0.343 e. The first-order valence-corrected chi connectivity index (χ1v) is 10.0. The molecule has 1 saturated heterocycles. The number of hydrogen-bond acceptors (Lipinski definition) is 6. The minimum atomic E-state index is -0.569. The predicted octanol–water partition coefficient (Wildman–Crippen LogP) is 5.04. The van der Waals surface area contributed by atoms with Gasteiger partial charge in [0.2, 0.25) is 0 Å². The van der Waals surface area contributed by atoms with Crippen LogP contribution in [0, 0.1) is 0 Å². The van der Waals surface area contributed by atoms with Crippen LogP contribution in [0.2, 0.25) is 5.02 Å². The van der Waals surface area contributed by atoms with E-state index in [9.17, 15) is 14.4 Å². The van der Waals surface area contributed by atoms with E-state index in [0.29, 0.717) is 33.0 Å². The molecule has 2 aromatic rings. The fourth-order valence-corrected chi connectivity index (χ4v) is 3.69. The first-order chi connectivity index (χ1) is 13.4. The lowest BCUT2D eigenvalue weighted by Crippen LogP contribution is -2.17. The van der Waals surface area contributed by atoms with E-state index < -0.39 is 17.1 Å². The van der Waals surface area contributed by atoms with Crippen LogP contribution in [0.5, 0.6) is 11.5 Å². The molecule has 1 fully saturated rings. The van der Waals surface area contributed by atoms with E-state index in [1.54, 1.807) is 49.4 Å². The maximum Gasteiger partial charge on any atom is 0.343 e. The van der Waals surface area contributed by atoms with Crippen molar-refractivity contribution in [1.82, 2.24) is 5.32 Å². The molecule has 2 aromatic carbocycles. The van der Waals surface area contributed by atoms with E-state index in [-0.39, 0.29) is 10.7 Å². The number of carbonyl (C=O) groups excluding carboxylic acids is 3. The van der Waals surface area contributed by atoms with Crippen molar-refractivity contribution >= 4 is 62.5 Å². The van der Waals surface area contributed by atoms with E-state index in [1.165, 1.54) is 0 Å². The van der Waals surface area contributed by atoms with Crippen LogP contribution in [0.1, 0.15) is 22.8 Å². The summed E-state index contributed by atoms with van der Waals surface area (Å²) in [7, 11) is 0. The highest BCUT2D eigenvalue weighted by atomic mass is 79.9. The van der Waals surface area contributed by atoms with Crippen LogP contribution in [0.3, 0.4) is 0 Å². The highest BCUT2D eigenvalue weighted by Crippen LogP contribution is 2.39. The highest BCUT2D eigenvalue weighted by molar-refractivity contribution is 9.10. The van der Waals surface area contributed by atoms with Gasteiger partial charge in [0.1, 0.15) is 0 Å². The van der Waals surface area contributed by atoms with Crippen molar-refractivity contribution in [2.24, 2.45) is 0 Å². The van der Waals surface area contributed by atoms with Crippen molar-refractivity contribution in [3.8, 4) is 11.5 Å². The van der Waals surface area contributed by atoms with Crippen LogP contribution in [0.15, 0.2) is 45.8 Å². The molecule has 1 N–H and O–H groups in total. The summed E-state index contributed by atoms with van der Waals surface area (Å²) in [5.74, 6) is -0.493. The van der Waals surface area contributed by atoms with Crippen molar-refractivity contribution < 1.29 is 23.9 Å². The standard InChI is InChI=1S/C19H13BrClNO5S/c1-2-26-14-8-10(9-15-17(23)22-19(25)28-15)7-13(20)16(14)27-18(24)11-3-5-12(21)6-4-11/h3-9H,2H2,1H3,(H,22,23,25)/b15-9-. The molecule has 1 heterocycles. The van der Waals surface area contributed by atoms with Gasteiger partial charge < -0.3 is 9.47 Å². The Morgan fingerprint density at radius 3 is 2.57 bits per heavy atom. The lowest BCUT2D eigenvalue weighted by atomic mass is 10.1. The van der Waals surface area contributed by atoms with Crippen LogP contribution in [-0.2, 0) is 4.79 Å². The molecule has 0 radical (unpaired) electrons. The number of rotatable bonds is 5. The fourth-order valence-electron chi connectivity index (χ4n) is 2.34. The Labute approximate surface area is 178 Å². The summed E-state index contributed by atoms with van der Waals surface area (Å²) in [5, 5.41) is 2.29. The van der Waals surface area contributed by atoms with E-state index >= 15 is 0 Å². The Balaban J connectivity index is 1.92. The molecule has 3 rings (SSSR count). The second-order valence-electron chi connectivity index (χ2n) is 5.51. The molecule has 144 valence electrons. The maximum atomic E-state index is 12.4. The van der Waals surface area contributed by atoms with Gasteiger partial charge >= 0.3 is 5.97 Å². The number of imide groups is 1. The lowest BCUT2D eigenvalue weighted by Gasteiger charge is -2.13. The maximum absolute atomic E-state index is 12.4. The quantitative estimate of drug-likeness (QED) is 0.365. The van der Waals surface area contributed by atoms with Crippen molar-refractivity contribution in [3.63, 3.8) is 0 Å². The summed E-state index contributed by atoms with van der Waals surface area (Å²) in [4.78, 5) is 35.7. The van der Waals surface area contributed by atoms with Gasteiger partial charge in [-0.05, 0) is 82.7 Å². The van der Waals surface area contributed by atoms with Gasteiger partial charge in [-0.15, -0.1) is 0 Å². The summed E-state index contributed by atoms with van der Waals surface area (Å²) in [6, 6.07) is 9.60. The Bertz CT molecular complexity index is 991. The monoisotopic (exact) mass is 481 g/mol. The molecular formula is C19H13BrClNO5S. The Kier molecular flexibility index (Phi) is 6.43. The number of carbonyl (C=O) groups is 3. The molecule has 1 aliphatic rings. The summed E-state index contributed by atoms with van der Waals surface area (Å²) in [6.45, 7) is 2.13. The highest BCUT2D eigenvalue weighted by Gasteiger charge is 2.25. The van der Waals surface area contributed by atoms with Gasteiger partial charge in [0.25, 0.3) is 11.1 Å². The molecule has 0 aromatic heterocycles. The second kappa shape index (κ2) is 8.81. The summed E-state index contributed by atoms with van der Waals surface area (Å²) in [5.41, 5.74) is 0.941. The molecule has 0 aliphatic carbocycles. The van der Waals surface area contributed by atoms with Gasteiger partial charge in [-0.3, -0.25) is 14.9 Å².